The molecule has 2 aromatic rings. The molecule has 0 radical (unpaired) electrons. The van der Waals surface area contributed by atoms with E-state index in [0.717, 1.165) is 0 Å². The van der Waals surface area contributed by atoms with Crippen LogP contribution in [-0.2, 0) is 6.54 Å². The van der Waals surface area contributed by atoms with Crippen molar-refractivity contribution in [3.8, 4) is 5.75 Å². The number of rotatable bonds is 5. The van der Waals surface area contributed by atoms with Gasteiger partial charge in [-0.15, -0.1) is 5.10 Å². The first-order valence-electron chi connectivity index (χ1n) is 5.90. The zero-order valence-corrected chi connectivity index (χ0v) is 11.1. The third-order valence-electron chi connectivity index (χ3n) is 2.79. The van der Waals surface area contributed by atoms with E-state index in [1.807, 2.05) is 0 Å². The Kier molecular flexibility index (Phi) is 3.94. The van der Waals surface area contributed by atoms with Crippen LogP contribution < -0.4 is 4.74 Å². The van der Waals surface area contributed by atoms with E-state index in [4.69, 9.17) is 4.74 Å². The number of hydrogen-bond donors (Lipinski definition) is 1. The maximum Gasteiger partial charge on any atom is 0.270 e. The Morgan fingerprint density at radius 1 is 1.55 bits per heavy atom. The van der Waals surface area contributed by atoms with Gasteiger partial charge in [0.1, 0.15) is 11.4 Å². The van der Waals surface area contributed by atoms with E-state index < -0.39 is 11.0 Å². The number of nitrogens with zero attached hydrogens (tertiary/aromatic N) is 4. The average Bonchev–Trinajstić information content (AvgIpc) is 2.87. The first kappa shape index (κ1) is 13.9. The quantitative estimate of drug-likeness (QED) is 0.653. The lowest BCUT2D eigenvalue weighted by Gasteiger charge is -2.07. The summed E-state index contributed by atoms with van der Waals surface area (Å²) < 4.78 is 6.66. The normalized spacial score (nSPS) is 12.2. The van der Waals surface area contributed by atoms with Crippen molar-refractivity contribution in [2.24, 2.45) is 0 Å². The molecule has 106 valence electrons. The number of aliphatic hydroxyl groups excluding tert-OH is 1. The topological polar surface area (TPSA) is 103 Å². The van der Waals surface area contributed by atoms with E-state index in [0.29, 0.717) is 17.0 Å². The van der Waals surface area contributed by atoms with E-state index in [1.165, 1.54) is 23.9 Å². The molecular formula is C12H14N4O4. The summed E-state index contributed by atoms with van der Waals surface area (Å²) >= 11 is 0. The van der Waals surface area contributed by atoms with Gasteiger partial charge in [0.2, 0.25) is 0 Å². The molecule has 0 spiro atoms. The molecule has 0 saturated heterocycles. The molecule has 2 rings (SSSR count). The van der Waals surface area contributed by atoms with Gasteiger partial charge in [-0.25, -0.2) is 4.68 Å². The molecule has 0 amide bonds. The van der Waals surface area contributed by atoms with Gasteiger partial charge >= 0.3 is 0 Å². The summed E-state index contributed by atoms with van der Waals surface area (Å²) in [4.78, 5) is 10.3. The minimum Gasteiger partial charge on any atom is -0.496 e. The van der Waals surface area contributed by atoms with Crippen molar-refractivity contribution in [3.63, 3.8) is 0 Å². The zero-order chi connectivity index (χ0) is 14.7. The SMILES string of the molecule is COc1ccc([N+](=O)[O-])cc1Cn1cc(C(C)O)nn1. The Balaban J connectivity index is 2.30. The molecule has 8 heteroatoms. The van der Waals surface area contributed by atoms with E-state index >= 15 is 0 Å². The number of aliphatic hydroxyl groups is 1. The number of ether oxygens (including phenoxy) is 1. The van der Waals surface area contributed by atoms with Gasteiger partial charge in [0, 0.05) is 17.7 Å². The summed E-state index contributed by atoms with van der Waals surface area (Å²) in [5.74, 6) is 0.532. The largest absolute Gasteiger partial charge is 0.496 e. The minimum absolute atomic E-state index is 0.0170. The highest BCUT2D eigenvalue weighted by atomic mass is 16.6. The third kappa shape index (κ3) is 2.91. The molecule has 0 fully saturated rings. The molecule has 1 unspecified atom stereocenters. The fourth-order valence-corrected chi connectivity index (χ4v) is 1.76. The Morgan fingerprint density at radius 3 is 2.85 bits per heavy atom. The number of benzene rings is 1. The molecule has 1 heterocycles. The van der Waals surface area contributed by atoms with Gasteiger partial charge in [0.05, 0.1) is 30.9 Å². The lowest BCUT2D eigenvalue weighted by molar-refractivity contribution is -0.384. The molecule has 20 heavy (non-hydrogen) atoms. The monoisotopic (exact) mass is 278 g/mol. The zero-order valence-electron chi connectivity index (χ0n) is 11.1. The molecule has 0 aliphatic rings. The first-order chi connectivity index (χ1) is 9.51. The number of hydrogen-bond acceptors (Lipinski definition) is 6. The van der Waals surface area contributed by atoms with Gasteiger partial charge in [-0.3, -0.25) is 10.1 Å². The van der Waals surface area contributed by atoms with Crippen molar-refractivity contribution in [3.05, 3.63) is 45.8 Å². The van der Waals surface area contributed by atoms with Crippen molar-refractivity contribution in [2.45, 2.75) is 19.6 Å². The van der Waals surface area contributed by atoms with Gasteiger partial charge in [0.15, 0.2) is 0 Å². The van der Waals surface area contributed by atoms with Crippen LogP contribution in [0.3, 0.4) is 0 Å². The fourth-order valence-electron chi connectivity index (χ4n) is 1.76. The van der Waals surface area contributed by atoms with Crippen LogP contribution in [0, 0.1) is 10.1 Å². The van der Waals surface area contributed by atoms with Crippen molar-refractivity contribution < 1.29 is 14.8 Å². The van der Waals surface area contributed by atoms with Crippen LogP contribution in [0.25, 0.3) is 0 Å². The van der Waals surface area contributed by atoms with Gasteiger partial charge in [-0.05, 0) is 13.0 Å². The molecule has 0 bridgehead atoms. The molecule has 1 N–H and O–H groups in total. The summed E-state index contributed by atoms with van der Waals surface area (Å²) in [6.45, 7) is 1.85. The number of nitro benzene ring substituents is 1. The van der Waals surface area contributed by atoms with E-state index in [9.17, 15) is 15.2 Å². The Labute approximate surface area is 114 Å². The summed E-state index contributed by atoms with van der Waals surface area (Å²) in [5, 5.41) is 27.9. The number of non-ortho nitro benzene ring substituents is 1. The molecule has 1 aromatic carbocycles. The van der Waals surface area contributed by atoms with Gasteiger partial charge in [-0.2, -0.15) is 0 Å². The average molecular weight is 278 g/mol. The molecule has 0 aliphatic carbocycles. The van der Waals surface area contributed by atoms with Crippen LogP contribution in [0.1, 0.15) is 24.3 Å². The minimum atomic E-state index is -0.712. The van der Waals surface area contributed by atoms with Gasteiger partial charge in [0.25, 0.3) is 5.69 Å². The van der Waals surface area contributed by atoms with E-state index in [2.05, 4.69) is 10.3 Å². The second-order valence-electron chi connectivity index (χ2n) is 4.27. The lowest BCUT2D eigenvalue weighted by Crippen LogP contribution is -2.03. The van der Waals surface area contributed by atoms with Gasteiger partial charge < -0.3 is 9.84 Å². The Bertz CT molecular complexity index is 624. The van der Waals surface area contributed by atoms with Crippen LogP contribution in [0.4, 0.5) is 5.69 Å². The summed E-state index contributed by atoms with van der Waals surface area (Å²) in [6, 6.07) is 4.35. The first-order valence-corrected chi connectivity index (χ1v) is 5.90. The van der Waals surface area contributed by atoms with Gasteiger partial charge in [-0.1, -0.05) is 5.21 Å². The highest BCUT2D eigenvalue weighted by Gasteiger charge is 2.13. The van der Waals surface area contributed by atoms with Crippen LogP contribution >= 0.6 is 0 Å². The lowest BCUT2D eigenvalue weighted by atomic mass is 10.1. The van der Waals surface area contributed by atoms with Crippen molar-refractivity contribution in [1.29, 1.82) is 0 Å². The molecule has 1 atom stereocenters. The number of nitro groups is 1. The fraction of sp³-hybridized carbons (Fsp3) is 0.333. The summed E-state index contributed by atoms with van der Waals surface area (Å²) in [7, 11) is 1.49. The van der Waals surface area contributed by atoms with Crippen molar-refractivity contribution >= 4 is 5.69 Å². The molecule has 0 saturated carbocycles. The highest BCUT2D eigenvalue weighted by molar-refractivity contribution is 5.43. The maximum absolute atomic E-state index is 10.8. The maximum atomic E-state index is 10.8. The Morgan fingerprint density at radius 2 is 2.30 bits per heavy atom. The third-order valence-corrected chi connectivity index (χ3v) is 2.79. The Hall–Kier alpha value is -2.48. The van der Waals surface area contributed by atoms with Crippen LogP contribution in [0.5, 0.6) is 5.75 Å². The molecule has 1 aromatic heterocycles. The van der Waals surface area contributed by atoms with Crippen LogP contribution in [0.2, 0.25) is 0 Å². The summed E-state index contributed by atoms with van der Waals surface area (Å²) in [5.41, 5.74) is 1.04. The number of methoxy groups -OCH3 is 1. The van der Waals surface area contributed by atoms with Crippen LogP contribution in [0.15, 0.2) is 24.4 Å². The molecule has 8 nitrogen and oxygen atoms in total. The van der Waals surface area contributed by atoms with Crippen LogP contribution in [-0.4, -0.2) is 32.1 Å². The highest BCUT2D eigenvalue weighted by Crippen LogP contribution is 2.24. The number of aromatic nitrogens is 3. The smallest absolute Gasteiger partial charge is 0.270 e. The summed E-state index contributed by atoms with van der Waals surface area (Å²) in [6.07, 6.45) is 0.874. The molecular weight excluding hydrogens is 264 g/mol. The van der Waals surface area contributed by atoms with Crippen molar-refractivity contribution in [1.82, 2.24) is 15.0 Å². The second-order valence-corrected chi connectivity index (χ2v) is 4.27. The van der Waals surface area contributed by atoms with E-state index in [1.54, 1.807) is 19.2 Å². The predicted octanol–water partition coefficient (Wildman–Crippen LogP) is 1.30. The molecule has 0 aliphatic heterocycles. The standard InChI is InChI=1S/C12H14N4O4/c1-8(17)11-7-15(14-13-11)6-9-5-10(16(18)19)3-4-12(9)20-2/h3-5,7-8,17H,6H2,1-2H3. The predicted molar refractivity (Wildman–Crippen MR) is 69.4 cm³/mol. The van der Waals surface area contributed by atoms with E-state index in [-0.39, 0.29) is 12.2 Å². The second kappa shape index (κ2) is 5.66. The van der Waals surface area contributed by atoms with Crippen molar-refractivity contribution in [2.75, 3.05) is 7.11 Å².